The Labute approximate surface area is 144 Å². The monoisotopic (exact) mass is 332 g/mol. The minimum atomic E-state index is -0.541. The average molecular weight is 332 g/mol. The maximum Gasteiger partial charge on any atom is 0.329 e. The van der Waals surface area contributed by atoms with Gasteiger partial charge in [-0.25, -0.2) is 4.79 Å². The standard InChI is InChI=1S/C19H28N2O3/c1-14(2)11-18(19(23)24-17-5-3-4-6-17)21(13-22)12-15-7-9-16(20)10-8-15/h7-10,13-14,17-18H,3-6,11-12,20H2,1-2H3. The molecule has 1 aromatic carbocycles. The number of amides is 1. The minimum Gasteiger partial charge on any atom is -0.461 e. The van der Waals surface area contributed by atoms with Gasteiger partial charge in [0.1, 0.15) is 12.1 Å². The van der Waals surface area contributed by atoms with E-state index in [9.17, 15) is 9.59 Å². The highest BCUT2D eigenvalue weighted by Gasteiger charge is 2.30. The Hall–Kier alpha value is -2.04. The Morgan fingerprint density at radius 2 is 1.92 bits per heavy atom. The number of nitrogen functional groups attached to an aromatic ring is 1. The average Bonchev–Trinajstić information content (AvgIpc) is 3.05. The molecule has 1 fully saturated rings. The minimum absolute atomic E-state index is 0.0113. The third kappa shape index (κ3) is 5.25. The van der Waals surface area contributed by atoms with Crippen molar-refractivity contribution in [2.45, 2.75) is 64.6 Å². The first-order valence-corrected chi connectivity index (χ1v) is 8.75. The molecule has 0 saturated heterocycles. The number of benzene rings is 1. The summed E-state index contributed by atoms with van der Waals surface area (Å²) in [6, 6.07) is 6.81. The molecular formula is C19H28N2O3. The predicted octanol–water partition coefficient (Wildman–Crippen LogP) is 3.13. The summed E-state index contributed by atoms with van der Waals surface area (Å²) in [5.74, 6) is 0.0122. The number of nitrogens with zero attached hydrogens (tertiary/aromatic N) is 1. The lowest BCUT2D eigenvalue weighted by atomic mass is 10.0. The second kappa shape index (κ2) is 8.71. The van der Waals surface area contributed by atoms with Crippen LogP contribution in [0.25, 0.3) is 0 Å². The lowest BCUT2D eigenvalue weighted by molar-refractivity contribution is -0.158. The van der Waals surface area contributed by atoms with Crippen LogP contribution in [0.3, 0.4) is 0 Å². The third-order valence-corrected chi connectivity index (χ3v) is 4.43. The summed E-state index contributed by atoms with van der Waals surface area (Å²) in [5.41, 5.74) is 7.32. The van der Waals surface area contributed by atoms with Crippen molar-refractivity contribution < 1.29 is 14.3 Å². The summed E-state index contributed by atoms with van der Waals surface area (Å²) in [6.45, 7) is 4.46. The molecular weight excluding hydrogens is 304 g/mol. The van der Waals surface area contributed by atoms with Crippen LogP contribution in [0.4, 0.5) is 5.69 Å². The van der Waals surface area contributed by atoms with Gasteiger partial charge in [-0.1, -0.05) is 26.0 Å². The number of hydrogen-bond acceptors (Lipinski definition) is 4. The fourth-order valence-corrected chi connectivity index (χ4v) is 3.12. The Morgan fingerprint density at radius 1 is 1.29 bits per heavy atom. The number of ether oxygens (including phenoxy) is 1. The molecule has 132 valence electrons. The van der Waals surface area contributed by atoms with Crippen molar-refractivity contribution in [3.8, 4) is 0 Å². The van der Waals surface area contributed by atoms with Gasteiger partial charge in [0, 0.05) is 12.2 Å². The fraction of sp³-hybridized carbons (Fsp3) is 0.579. The molecule has 1 unspecified atom stereocenters. The summed E-state index contributed by atoms with van der Waals surface area (Å²) in [6.07, 6.45) is 5.43. The molecule has 0 spiro atoms. The summed E-state index contributed by atoms with van der Waals surface area (Å²) in [7, 11) is 0. The molecule has 0 heterocycles. The van der Waals surface area contributed by atoms with E-state index in [1.807, 2.05) is 26.0 Å². The molecule has 0 radical (unpaired) electrons. The lowest BCUT2D eigenvalue weighted by Gasteiger charge is -2.29. The predicted molar refractivity (Wildman–Crippen MR) is 94.1 cm³/mol. The van der Waals surface area contributed by atoms with Gasteiger partial charge in [0.25, 0.3) is 0 Å². The first kappa shape index (κ1) is 18.3. The van der Waals surface area contributed by atoms with Crippen LogP contribution < -0.4 is 5.73 Å². The number of carbonyl (C=O) groups is 2. The van der Waals surface area contributed by atoms with Crippen molar-refractivity contribution in [3.63, 3.8) is 0 Å². The maximum absolute atomic E-state index is 12.6. The van der Waals surface area contributed by atoms with E-state index >= 15 is 0 Å². The number of carbonyl (C=O) groups excluding carboxylic acids is 2. The van der Waals surface area contributed by atoms with E-state index in [0.717, 1.165) is 37.7 Å². The topological polar surface area (TPSA) is 72.6 Å². The summed E-state index contributed by atoms with van der Waals surface area (Å²) < 4.78 is 5.65. The van der Waals surface area contributed by atoms with Crippen LogP contribution in [-0.4, -0.2) is 29.4 Å². The van der Waals surface area contributed by atoms with Crippen molar-refractivity contribution >= 4 is 18.1 Å². The van der Waals surface area contributed by atoms with Crippen molar-refractivity contribution in [2.24, 2.45) is 5.92 Å². The molecule has 0 bridgehead atoms. The highest BCUT2D eigenvalue weighted by atomic mass is 16.5. The zero-order chi connectivity index (χ0) is 17.5. The lowest BCUT2D eigenvalue weighted by Crippen LogP contribution is -2.43. The van der Waals surface area contributed by atoms with Crippen LogP contribution in [0.5, 0.6) is 0 Å². The molecule has 2 rings (SSSR count). The van der Waals surface area contributed by atoms with E-state index in [4.69, 9.17) is 10.5 Å². The molecule has 24 heavy (non-hydrogen) atoms. The summed E-state index contributed by atoms with van der Waals surface area (Å²) in [5, 5.41) is 0. The zero-order valence-electron chi connectivity index (χ0n) is 14.6. The first-order chi connectivity index (χ1) is 11.5. The SMILES string of the molecule is CC(C)CC(C(=O)OC1CCCC1)N(C=O)Cc1ccc(N)cc1. The van der Waals surface area contributed by atoms with Gasteiger partial charge < -0.3 is 15.4 Å². The van der Waals surface area contributed by atoms with Gasteiger partial charge in [-0.2, -0.15) is 0 Å². The fourth-order valence-electron chi connectivity index (χ4n) is 3.12. The summed E-state index contributed by atoms with van der Waals surface area (Å²) >= 11 is 0. The Balaban J connectivity index is 2.08. The highest BCUT2D eigenvalue weighted by Crippen LogP contribution is 2.23. The third-order valence-electron chi connectivity index (χ3n) is 4.43. The van der Waals surface area contributed by atoms with Crippen LogP contribution >= 0.6 is 0 Å². The second-order valence-electron chi connectivity index (χ2n) is 7.01. The largest absolute Gasteiger partial charge is 0.461 e. The maximum atomic E-state index is 12.6. The van der Waals surface area contributed by atoms with E-state index in [1.165, 1.54) is 0 Å². The van der Waals surface area contributed by atoms with Gasteiger partial charge in [0.05, 0.1) is 0 Å². The second-order valence-corrected chi connectivity index (χ2v) is 7.01. The summed E-state index contributed by atoms with van der Waals surface area (Å²) in [4.78, 5) is 25.8. The number of nitrogens with two attached hydrogens (primary N) is 1. The normalized spacial score (nSPS) is 16.1. The van der Waals surface area contributed by atoms with Gasteiger partial charge in [0.2, 0.25) is 6.41 Å². The van der Waals surface area contributed by atoms with E-state index in [1.54, 1.807) is 17.0 Å². The molecule has 1 aromatic rings. The van der Waals surface area contributed by atoms with Gasteiger partial charge in [-0.15, -0.1) is 0 Å². The Morgan fingerprint density at radius 3 is 2.46 bits per heavy atom. The van der Waals surface area contributed by atoms with Crippen LogP contribution in [0.1, 0.15) is 51.5 Å². The molecule has 5 nitrogen and oxygen atoms in total. The van der Waals surface area contributed by atoms with E-state index in [0.29, 0.717) is 24.6 Å². The molecule has 1 saturated carbocycles. The quantitative estimate of drug-likeness (QED) is 0.451. The van der Waals surface area contributed by atoms with E-state index in [2.05, 4.69) is 0 Å². The number of rotatable bonds is 8. The Bertz CT molecular complexity index is 536. The molecule has 1 aliphatic rings. The van der Waals surface area contributed by atoms with Crippen molar-refractivity contribution in [3.05, 3.63) is 29.8 Å². The molecule has 2 N–H and O–H groups in total. The number of anilines is 1. The van der Waals surface area contributed by atoms with Crippen LogP contribution in [0.15, 0.2) is 24.3 Å². The van der Waals surface area contributed by atoms with Gasteiger partial charge in [-0.05, 0) is 55.7 Å². The first-order valence-electron chi connectivity index (χ1n) is 8.75. The molecule has 0 aliphatic heterocycles. The number of hydrogen-bond donors (Lipinski definition) is 1. The Kier molecular flexibility index (Phi) is 6.64. The van der Waals surface area contributed by atoms with Crippen LogP contribution in [0, 0.1) is 5.92 Å². The number of esters is 1. The van der Waals surface area contributed by atoms with E-state index in [-0.39, 0.29) is 12.1 Å². The van der Waals surface area contributed by atoms with Gasteiger partial charge in [0.15, 0.2) is 0 Å². The van der Waals surface area contributed by atoms with Crippen molar-refractivity contribution in [2.75, 3.05) is 5.73 Å². The van der Waals surface area contributed by atoms with E-state index < -0.39 is 6.04 Å². The molecule has 0 aromatic heterocycles. The molecule has 1 amide bonds. The highest BCUT2D eigenvalue weighted by molar-refractivity contribution is 5.78. The molecule has 1 atom stereocenters. The van der Waals surface area contributed by atoms with Crippen molar-refractivity contribution in [1.82, 2.24) is 4.90 Å². The smallest absolute Gasteiger partial charge is 0.329 e. The van der Waals surface area contributed by atoms with Gasteiger partial charge >= 0.3 is 5.97 Å². The van der Waals surface area contributed by atoms with Crippen LogP contribution in [-0.2, 0) is 20.9 Å². The van der Waals surface area contributed by atoms with Crippen LogP contribution in [0.2, 0.25) is 0 Å². The van der Waals surface area contributed by atoms with Gasteiger partial charge in [-0.3, -0.25) is 4.79 Å². The molecule has 5 heteroatoms. The van der Waals surface area contributed by atoms with Crippen molar-refractivity contribution in [1.29, 1.82) is 0 Å². The molecule has 1 aliphatic carbocycles. The zero-order valence-corrected chi connectivity index (χ0v) is 14.6.